The summed E-state index contributed by atoms with van der Waals surface area (Å²) in [5.74, 6) is 0.0548. The van der Waals surface area contributed by atoms with Crippen molar-refractivity contribution in [1.82, 2.24) is 9.78 Å². The van der Waals surface area contributed by atoms with Gasteiger partial charge in [0.15, 0.2) is 0 Å². The third kappa shape index (κ3) is 2.95. The number of hydrogen-bond acceptors (Lipinski definition) is 3. The first kappa shape index (κ1) is 16.4. The number of hydrogen-bond donors (Lipinski definition) is 2. The summed E-state index contributed by atoms with van der Waals surface area (Å²) in [5.41, 5.74) is 2.30. The third-order valence-corrected chi connectivity index (χ3v) is 4.58. The Labute approximate surface area is 154 Å². The van der Waals surface area contributed by atoms with Gasteiger partial charge in [0.05, 0.1) is 23.3 Å². The number of nitrogens with one attached hydrogen (secondary N) is 2. The van der Waals surface area contributed by atoms with Crippen LogP contribution in [0.3, 0.4) is 0 Å². The molecule has 6 nitrogen and oxygen atoms in total. The van der Waals surface area contributed by atoms with Gasteiger partial charge in [-0.3, -0.25) is 9.59 Å². The van der Waals surface area contributed by atoms with Crippen molar-refractivity contribution in [2.45, 2.75) is 12.5 Å². The zero-order chi connectivity index (χ0) is 18.1. The van der Waals surface area contributed by atoms with E-state index in [0.717, 1.165) is 11.1 Å². The van der Waals surface area contributed by atoms with Crippen LogP contribution in [0.1, 0.15) is 12.5 Å². The average molecular weight is 367 g/mol. The van der Waals surface area contributed by atoms with E-state index in [1.165, 1.54) is 0 Å². The van der Waals surface area contributed by atoms with Gasteiger partial charge in [0, 0.05) is 5.56 Å². The number of nitrogens with zero attached hydrogens (tertiary/aromatic N) is 2. The summed E-state index contributed by atoms with van der Waals surface area (Å²) in [4.78, 5) is 24.7. The maximum atomic E-state index is 12.4. The van der Waals surface area contributed by atoms with Crippen LogP contribution in [0, 0.1) is 0 Å². The van der Waals surface area contributed by atoms with E-state index in [-0.39, 0.29) is 18.2 Å². The quantitative estimate of drug-likeness (QED) is 0.738. The number of halogens is 1. The predicted octanol–water partition coefficient (Wildman–Crippen LogP) is 3.73. The number of para-hydroxylation sites is 1. The highest BCUT2D eigenvalue weighted by Gasteiger charge is 2.35. The zero-order valence-electron chi connectivity index (χ0n) is 13.6. The number of fused-ring (bicyclic) bond motifs is 1. The van der Waals surface area contributed by atoms with Crippen LogP contribution in [-0.4, -0.2) is 21.6 Å². The molecule has 1 aliphatic rings. The average Bonchev–Trinajstić information content (AvgIpc) is 3.18. The monoisotopic (exact) mass is 366 g/mol. The highest BCUT2D eigenvalue weighted by atomic mass is 35.5. The van der Waals surface area contributed by atoms with Crippen molar-refractivity contribution >= 4 is 34.9 Å². The Hall–Kier alpha value is -3.12. The molecule has 0 saturated carbocycles. The number of aromatic nitrogens is 2. The van der Waals surface area contributed by atoms with E-state index in [2.05, 4.69) is 15.7 Å². The third-order valence-electron chi connectivity index (χ3n) is 4.25. The number of anilines is 2. The van der Waals surface area contributed by atoms with Crippen LogP contribution in [0.25, 0.3) is 11.1 Å². The molecule has 3 aromatic rings. The minimum absolute atomic E-state index is 0.0278. The summed E-state index contributed by atoms with van der Waals surface area (Å²) < 4.78 is 1.57. The summed E-state index contributed by atoms with van der Waals surface area (Å²) in [7, 11) is 0. The molecule has 0 fully saturated rings. The van der Waals surface area contributed by atoms with Crippen molar-refractivity contribution < 1.29 is 9.59 Å². The number of carbonyl (C=O) groups is 2. The lowest BCUT2D eigenvalue weighted by Crippen LogP contribution is -2.23. The summed E-state index contributed by atoms with van der Waals surface area (Å²) in [6.07, 6.45) is 1.67. The van der Waals surface area contributed by atoms with Crippen molar-refractivity contribution in [3.05, 3.63) is 65.8 Å². The molecule has 0 bridgehead atoms. The van der Waals surface area contributed by atoms with Gasteiger partial charge in [-0.25, -0.2) is 4.68 Å². The Morgan fingerprint density at radius 3 is 2.65 bits per heavy atom. The normalized spacial score (nSPS) is 15.4. The summed E-state index contributed by atoms with van der Waals surface area (Å²) in [6.45, 7) is 0. The molecule has 1 atom stereocenters. The first-order valence-corrected chi connectivity index (χ1v) is 8.49. The number of amides is 2. The maximum Gasteiger partial charge on any atom is 0.251 e. The van der Waals surface area contributed by atoms with Crippen LogP contribution in [-0.2, 0) is 9.59 Å². The zero-order valence-corrected chi connectivity index (χ0v) is 14.4. The Bertz CT molecular complexity index is 984. The Morgan fingerprint density at radius 1 is 1.15 bits per heavy atom. The lowest BCUT2D eigenvalue weighted by Gasteiger charge is -2.10. The van der Waals surface area contributed by atoms with Crippen molar-refractivity contribution in [3.63, 3.8) is 0 Å². The maximum absolute atomic E-state index is 12.4. The first-order chi connectivity index (χ1) is 12.6. The number of carbonyl (C=O) groups excluding carboxylic acids is 2. The second kappa shape index (κ2) is 6.65. The molecule has 0 saturated heterocycles. The number of rotatable bonds is 4. The van der Waals surface area contributed by atoms with E-state index >= 15 is 0 Å². The van der Waals surface area contributed by atoms with Gasteiger partial charge in [0.2, 0.25) is 5.91 Å². The van der Waals surface area contributed by atoms with Gasteiger partial charge in [-0.1, -0.05) is 54.1 Å². The molecule has 0 spiro atoms. The van der Waals surface area contributed by atoms with Gasteiger partial charge < -0.3 is 10.6 Å². The van der Waals surface area contributed by atoms with Gasteiger partial charge >= 0.3 is 0 Å². The van der Waals surface area contributed by atoms with Crippen molar-refractivity contribution in [2.75, 3.05) is 10.6 Å². The molecule has 1 aromatic heterocycles. The smallest absolute Gasteiger partial charge is 0.251 e. The predicted molar refractivity (Wildman–Crippen MR) is 100 cm³/mol. The highest BCUT2D eigenvalue weighted by molar-refractivity contribution is 6.33. The molecule has 26 heavy (non-hydrogen) atoms. The van der Waals surface area contributed by atoms with Crippen LogP contribution < -0.4 is 10.6 Å². The molecule has 2 aromatic carbocycles. The van der Waals surface area contributed by atoms with E-state index in [4.69, 9.17) is 11.6 Å². The summed E-state index contributed by atoms with van der Waals surface area (Å²) in [6, 6.07) is 15.9. The molecule has 1 aliphatic heterocycles. The number of benzene rings is 2. The van der Waals surface area contributed by atoms with Crippen LogP contribution in [0.4, 0.5) is 11.5 Å². The van der Waals surface area contributed by atoms with E-state index < -0.39 is 6.04 Å². The second-order valence-electron chi connectivity index (χ2n) is 5.95. The first-order valence-electron chi connectivity index (χ1n) is 8.11. The van der Waals surface area contributed by atoms with Crippen LogP contribution in [0.15, 0.2) is 60.8 Å². The molecular weight excluding hydrogens is 352 g/mol. The van der Waals surface area contributed by atoms with Crippen molar-refractivity contribution in [2.24, 2.45) is 0 Å². The standard InChI is InChI=1S/C19H15ClN4O2/c20-14-8-4-5-9-15(14)22-17(25)10-16-19(26)23-18-13(11-21-24(16)18)12-6-2-1-3-7-12/h1-9,11,16H,10H2,(H,22,25)(H,23,26)/t16-/m1/s1. The second-order valence-corrected chi connectivity index (χ2v) is 6.36. The SMILES string of the molecule is O=C(C[C@@H]1C(=O)Nc2c(-c3ccccc3)cnn21)Nc1ccccc1Cl. The van der Waals surface area contributed by atoms with Crippen LogP contribution in [0.2, 0.25) is 5.02 Å². The van der Waals surface area contributed by atoms with Gasteiger partial charge in [-0.2, -0.15) is 5.10 Å². The van der Waals surface area contributed by atoms with Gasteiger partial charge in [-0.15, -0.1) is 0 Å². The molecular formula is C19H15ClN4O2. The molecule has 0 aliphatic carbocycles. The molecule has 7 heteroatoms. The highest BCUT2D eigenvalue weighted by Crippen LogP contribution is 2.35. The molecule has 0 unspecified atom stereocenters. The fraction of sp³-hybridized carbons (Fsp3) is 0.105. The fourth-order valence-corrected chi connectivity index (χ4v) is 3.16. The molecule has 2 amide bonds. The largest absolute Gasteiger partial charge is 0.325 e. The minimum atomic E-state index is -0.690. The summed E-state index contributed by atoms with van der Waals surface area (Å²) >= 11 is 6.05. The fourth-order valence-electron chi connectivity index (χ4n) is 2.98. The minimum Gasteiger partial charge on any atom is -0.325 e. The molecule has 0 radical (unpaired) electrons. The van der Waals surface area contributed by atoms with E-state index in [0.29, 0.717) is 16.5 Å². The molecule has 2 heterocycles. The summed E-state index contributed by atoms with van der Waals surface area (Å²) in [5, 5.41) is 10.3. The molecule has 130 valence electrons. The van der Waals surface area contributed by atoms with E-state index in [1.54, 1.807) is 35.1 Å². The lowest BCUT2D eigenvalue weighted by atomic mass is 10.1. The Kier molecular flexibility index (Phi) is 4.18. The Balaban J connectivity index is 1.55. The topological polar surface area (TPSA) is 76.0 Å². The van der Waals surface area contributed by atoms with Crippen LogP contribution in [0.5, 0.6) is 0 Å². The van der Waals surface area contributed by atoms with Gasteiger partial charge in [-0.05, 0) is 17.7 Å². The van der Waals surface area contributed by atoms with Crippen LogP contribution >= 0.6 is 11.6 Å². The molecule has 2 N–H and O–H groups in total. The van der Waals surface area contributed by atoms with Gasteiger partial charge in [0.25, 0.3) is 5.91 Å². The van der Waals surface area contributed by atoms with Crippen molar-refractivity contribution in [3.8, 4) is 11.1 Å². The molecule has 4 rings (SSSR count). The lowest BCUT2D eigenvalue weighted by molar-refractivity contribution is -0.123. The van der Waals surface area contributed by atoms with E-state index in [9.17, 15) is 9.59 Å². The van der Waals surface area contributed by atoms with Gasteiger partial charge in [0.1, 0.15) is 11.9 Å². The van der Waals surface area contributed by atoms with Crippen molar-refractivity contribution in [1.29, 1.82) is 0 Å². The Morgan fingerprint density at radius 2 is 1.88 bits per heavy atom. The van der Waals surface area contributed by atoms with E-state index in [1.807, 2.05) is 30.3 Å².